The van der Waals surface area contributed by atoms with Gasteiger partial charge in [-0.2, -0.15) is 0 Å². The van der Waals surface area contributed by atoms with Crippen molar-refractivity contribution in [2.45, 2.75) is 25.9 Å². The molecule has 0 aliphatic carbocycles. The molecule has 0 aliphatic rings. The molecule has 3 rings (SSSR count). The van der Waals surface area contributed by atoms with Crippen molar-refractivity contribution in [2.24, 2.45) is 0 Å². The first-order chi connectivity index (χ1) is 14.4. The van der Waals surface area contributed by atoms with Crippen molar-refractivity contribution >= 4 is 44.8 Å². The Labute approximate surface area is 187 Å². The number of nitrogens with zero attached hydrogens (tertiary/aromatic N) is 2. The highest BCUT2D eigenvalue weighted by Gasteiger charge is 2.23. The van der Waals surface area contributed by atoms with Gasteiger partial charge in [-0.1, -0.05) is 6.07 Å². The Morgan fingerprint density at radius 2 is 2.10 bits per heavy atom. The minimum Gasteiger partial charge on any atom is -0.467 e. The molecule has 0 aliphatic heterocycles. The number of aromatic nitrogens is 2. The van der Waals surface area contributed by atoms with E-state index >= 15 is 0 Å². The van der Waals surface area contributed by atoms with E-state index < -0.39 is 12.0 Å². The largest absolute Gasteiger partial charge is 0.467 e. The van der Waals surface area contributed by atoms with Crippen LogP contribution in [0.4, 0.5) is 5.69 Å². The first-order valence-corrected chi connectivity index (χ1v) is 10.8. The van der Waals surface area contributed by atoms with E-state index in [4.69, 9.17) is 4.74 Å². The van der Waals surface area contributed by atoms with Crippen LogP contribution in [0.2, 0.25) is 0 Å². The van der Waals surface area contributed by atoms with E-state index in [9.17, 15) is 9.59 Å². The molecule has 0 saturated heterocycles. The molecule has 1 atom stereocenters. The number of hydrogen-bond acceptors (Lipinski definition) is 7. The molecule has 2 aromatic heterocycles. The molecule has 0 fully saturated rings. The topological polar surface area (TPSA) is 93.2 Å². The van der Waals surface area contributed by atoms with E-state index in [-0.39, 0.29) is 12.3 Å². The molecule has 3 aromatic rings. The monoisotopic (exact) mass is 488 g/mol. The fourth-order valence-corrected chi connectivity index (χ4v) is 3.94. The van der Waals surface area contributed by atoms with Crippen LogP contribution in [0.25, 0.3) is 0 Å². The van der Waals surface area contributed by atoms with E-state index in [2.05, 4.69) is 36.5 Å². The fraction of sp³-hybridized carbons (Fsp3) is 0.238. The van der Waals surface area contributed by atoms with Crippen molar-refractivity contribution in [2.75, 3.05) is 12.4 Å². The zero-order chi connectivity index (χ0) is 21.5. The van der Waals surface area contributed by atoms with E-state index in [1.54, 1.807) is 41.9 Å². The van der Waals surface area contributed by atoms with Crippen molar-refractivity contribution < 1.29 is 14.3 Å². The van der Waals surface area contributed by atoms with E-state index in [1.807, 2.05) is 24.4 Å². The van der Waals surface area contributed by atoms with Gasteiger partial charge in [0.25, 0.3) is 5.91 Å². The lowest BCUT2D eigenvalue weighted by molar-refractivity contribution is -0.142. The van der Waals surface area contributed by atoms with Crippen LogP contribution in [-0.2, 0) is 22.5 Å². The van der Waals surface area contributed by atoms with Crippen molar-refractivity contribution in [3.8, 4) is 0 Å². The summed E-state index contributed by atoms with van der Waals surface area (Å²) in [4.78, 5) is 33.5. The number of ether oxygens (including phenoxy) is 1. The maximum atomic E-state index is 12.8. The Hall–Kier alpha value is -2.78. The van der Waals surface area contributed by atoms with Crippen molar-refractivity contribution in [3.63, 3.8) is 0 Å². The number of aryl methyl sites for hydroxylation is 1. The SMILES string of the molecule is COC(=O)C(Cc1cncc(Br)c1)NC(=O)c1cccc(NCc2nc(C)cs2)c1. The Kier molecular flexibility index (Phi) is 7.53. The molecule has 7 nitrogen and oxygen atoms in total. The summed E-state index contributed by atoms with van der Waals surface area (Å²) in [7, 11) is 1.30. The molecule has 2 N–H and O–H groups in total. The molecular weight excluding hydrogens is 468 g/mol. The predicted octanol–water partition coefficient (Wildman–Crippen LogP) is 3.74. The van der Waals surface area contributed by atoms with Crippen LogP contribution in [0.1, 0.15) is 26.6 Å². The molecule has 0 bridgehead atoms. The minimum atomic E-state index is -0.825. The Morgan fingerprint density at radius 1 is 1.27 bits per heavy atom. The quantitative estimate of drug-likeness (QED) is 0.469. The van der Waals surface area contributed by atoms with Gasteiger partial charge in [0.2, 0.25) is 0 Å². The van der Waals surface area contributed by atoms with Gasteiger partial charge >= 0.3 is 5.97 Å². The summed E-state index contributed by atoms with van der Waals surface area (Å²) in [6.45, 7) is 2.52. The van der Waals surface area contributed by atoms with E-state index in [0.29, 0.717) is 12.1 Å². The number of benzene rings is 1. The first-order valence-electron chi connectivity index (χ1n) is 9.17. The summed E-state index contributed by atoms with van der Waals surface area (Å²) < 4.78 is 5.66. The van der Waals surface area contributed by atoms with E-state index in [1.165, 1.54) is 7.11 Å². The van der Waals surface area contributed by atoms with Crippen molar-refractivity contribution in [1.29, 1.82) is 0 Å². The molecule has 2 heterocycles. The average molecular weight is 489 g/mol. The van der Waals surface area contributed by atoms with Crippen molar-refractivity contribution in [1.82, 2.24) is 15.3 Å². The van der Waals surface area contributed by atoms with Gasteiger partial charge in [0.1, 0.15) is 11.0 Å². The third-order valence-electron chi connectivity index (χ3n) is 4.23. The second-order valence-electron chi connectivity index (χ2n) is 6.58. The summed E-state index contributed by atoms with van der Waals surface area (Å²) in [5.74, 6) is -0.876. The smallest absolute Gasteiger partial charge is 0.328 e. The van der Waals surface area contributed by atoms with Crippen LogP contribution in [0.15, 0.2) is 52.6 Å². The summed E-state index contributed by atoms with van der Waals surface area (Å²) in [5.41, 5.74) is 3.02. The van der Waals surface area contributed by atoms with Gasteiger partial charge in [0.05, 0.1) is 13.7 Å². The molecule has 0 saturated carbocycles. The predicted molar refractivity (Wildman–Crippen MR) is 120 cm³/mol. The maximum Gasteiger partial charge on any atom is 0.328 e. The zero-order valence-electron chi connectivity index (χ0n) is 16.5. The Bertz CT molecular complexity index is 1040. The van der Waals surface area contributed by atoms with Crippen molar-refractivity contribution in [3.05, 3.63) is 74.4 Å². The number of methoxy groups -OCH3 is 1. The Morgan fingerprint density at radius 3 is 2.80 bits per heavy atom. The molecule has 1 amide bonds. The molecule has 1 aromatic carbocycles. The van der Waals surface area contributed by atoms with Crippen LogP contribution < -0.4 is 10.6 Å². The lowest BCUT2D eigenvalue weighted by Gasteiger charge is -2.17. The van der Waals surface area contributed by atoms with Crippen LogP contribution >= 0.6 is 27.3 Å². The molecular formula is C21H21BrN4O3S. The van der Waals surface area contributed by atoms with Gasteiger partial charge in [0, 0.05) is 45.6 Å². The third-order valence-corrected chi connectivity index (χ3v) is 5.63. The van der Waals surface area contributed by atoms with E-state index in [0.717, 1.165) is 26.4 Å². The number of pyridine rings is 1. The summed E-state index contributed by atoms with van der Waals surface area (Å²) in [6, 6.07) is 8.12. The summed E-state index contributed by atoms with van der Waals surface area (Å²) in [5, 5.41) is 8.99. The number of esters is 1. The highest BCUT2D eigenvalue weighted by atomic mass is 79.9. The molecule has 30 heavy (non-hydrogen) atoms. The highest BCUT2D eigenvalue weighted by molar-refractivity contribution is 9.10. The van der Waals surface area contributed by atoms with Crippen LogP contribution in [0, 0.1) is 6.92 Å². The maximum absolute atomic E-state index is 12.8. The number of amides is 1. The molecule has 9 heteroatoms. The van der Waals surface area contributed by atoms with Gasteiger partial charge in [-0.05, 0) is 52.7 Å². The summed E-state index contributed by atoms with van der Waals surface area (Å²) in [6.07, 6.45) is 3.57. The Balaban J connectivity index is 1.68. The van der Waals surface area contributed by atoms with Crippen LogP contribution in [-0.4, -0.2) is 35.0 Å². The van der Waals surface area contributed by atoms with Crippen LogP contribution in [0.3, 0.4) is 0 Å². The lowest BCUT2D eigenvalue weighted by Crippen LogP contribution is -2.43. The number of anilines is 1. The number of rotatable bonds is 8. The number of carbonyl (C=O) groups excluding carboxylic acids is 2. The number of hydrogen-bond donors (Lipinski definition) is 2. The normalized spacial score (nSPS) is 11.6. The summed E-state index contributed by atoms with van der Waals surface area (Å²) >= 11 is 4.94. The standard InChI is InChI=1S/C21H21BrN4O3S/c1-13-12-30-19(25-13)11-24-17-5-3-4-15(8-17)20(27)26-18(21(28)29-2)7-14-6-16(22)10-23-9-14/h3-6,8-10,12,18,24H,7,11H2,1-2H3,(H,26,27). The van der Waals surface area contributed by atoms with Gasteiger partial charge in [-0.25, -0.2) is 9.78 Å². The zero-order valence-corrected chi connectivity index (χ0v) is 18.9. The number of carbonyl (C=O) groups is 2. The number of nitrogens with one attached hydrogen (secondary N) is 2. The third kappa shape index (κ3) is 6.11. The molecule has 0 spiro atoms. The van der Waals surface area contributed by atoms with Gasteiger partial charge in [-0.3, -0.25) is 9.78 Å². The second kappa shape index (κ2) is 10.3. The first kappa shape index (κ1) is 21.9. The van der Waals surface area contributed by atoms with Gasteiger partial charge in [0.15, 0.2) is 0 Å². The average Bonchev–Trinajstić information content (AvgIpc) is 3.16. The second-order valence-corrected chi connectivity index (χ2v) is 8.44. The fourth-order valence-electron chi connectivity index (χ4n) is 2.81. The highest BCUT2D eigenvalue weighted by Crippen LogP contribution is 2.16. The van der Waals surface area contributed by atoms with Gasteiger partial charge < -0.3 is 15.4 Å². The number of halogens is 1. The molecule has 1 unspecified atom stereocenters. The lowest BCUT2D eigenvalue weighted by atomic mass is 10.1. The van der Waals surface area contributed by atoms with Crippen LogP contribution in [0.5, 0.6) is 0 Å². The number of thiazole rings is 1. The minimum absolute atomic E-state index is 0.270. The molecule has 0 radical (unpaired) electrons. The molecule has 156 valence electrons. The van der Waals surface area contributed by atoms with Gasteiger partial charge in [-0.15, -0.1) is 11.3 Å².